The Morgan fingerprint density at radius 3 is 2.75 bits per heavy atom. The predicted molar refractivity (Wildman–Crippen MR) is 60.4 cm³/mol. The lowest BCUT2D eigenvalue weighted by Crippen LogP contribution is -2.01. The van der Waals surface area contributed by atoms with Crippen LogP contribution < -0.4 is 9.47 Å². The Morgan fingerprint density at radius 1 is 1.38 bits per heavy atom. The topological polar surface area (TPSA) is 52.6 Å². The van der Waals surface area contributed by atoms with Crippen LogP contribution >= 0.6 is 10.7 Å². The van der Waals surface area contributed by atoms with Gasteiger partial charge in [-0.15, -0.1) is 0 Å². The summed E-state index contributed by atoms with van der Waals surface area (Å²) in [5.74, 6) is 1.11. The Balaban J connectivity index is 2.47. The van der Waals surface area contributed by atoms with Gasteiger partial charge in [-0.1, -0.05) is 13.0 Å². The van der Waals surface area contributed by atoms with E-state index in [-0.39, 0.29) is 12.5 Å². The summed E-state index contributed by atoms with van der Waals surface area (Å²) in [5.41, 5.74) is 1.51. The molecule has 1 aromatic carbocycles. The Kier molecular flexibility index (Phi) is 2.99. The van der Waals surface area contributed by atoms with E-state index in [1.165, 1.54) is 0 Å². The van der Waals surface area contributed by atoms with Crippen LogP contribution in [0, 0.1) is 0 Å². The second-order valence-electron chi connectivity index (χ2n) is 3.47. The average molecular weight is 263 g/mol. The molecule has 1 aliphatic rings. The van der Waals surface area contributed by atoms with E-state index >= 15 is 0 Å². The van der Waals surface area contributed by atoms with E-state index in [4.69, 9.17) is 20.2 Å². The van der Waals surface area contributed by atoms with Gasteiger partial charge in [0, 0.05) is 16.2 Å². The van der Waals surface area contributed by atoms with Gasteiger partial charge in [0.2, 0.25) is 15.8 Å². The first kappa shape index (κ1) is 11.5. The zero-order valence-corrected chi connectivity index (χ0v) is 10.3. The highest BCUT2D eigenvalue weighted by atomic mass is 35.7. The van der Waals surface area contributed by atoms with Crippen LogP contribution in [0.25, 0.3) is 0 Å². The van der Waals surface area contributed by atoms with Crippen LogP contribution in [-0.2, 0) is 21.2 Å². The summed E-state index contributed by atoms with van der Waals surface area (Å²) in [4.78, 5) is 0. The first-order valence-corrected chi connectivity index (χ1v) is 7.32. The number of benzene rings is 1. The van der Waals surface area contributed by atoms with Crippen molar-refractivity contribution in [2.45, 2.75) is 19.1 Å². The summed E-state index contributed by atoms with van der Waals surface area (Å²) in [7, 11) is 1.70. The highest BCUT2D eigenvalue weighted by Crippen LogP contribution is 2.38. The molecule has 0 saturated heterocycles. The van der Waals surface area contributed by atoms with Crippen LogP contribution in [0.3, 0.4) is 0 Å². The van der Waals surface area contributed by atoms with Gasteiger partial charge in [-0.25, -0.2) is 8.42 Å². The Hall–Kier alpha value is -0.940. The molecule has 88 valence electrons. The van der Waals surface area contributed by atoms with E-state index in [9.17, 15) is 8.42 Å². The van der Waals surface area contributed by atoms with Gasteiger partial charge in [0.05, 0.1) is 5.75 Å². The maximum atomic E-state index is 11.1. The van der Waals surface area contributed by atoms with Crippen molar-refractivity contribution >= 4 is 19.7 Å². The Morgan fingerprint density at radius 2 is 2.12 bits per heavy atom. The molecule has 0 aromatic heterocycles. The zero-order valence-electron chi connectivity index (χ0n) is 8.70. The van der Waals surface area contributed by atoms with Crippen LogP contribution in [0.1, 0.15) is 18.1 Å². The van der Waals surface area contributed by atoms with Crippen molar-refractivity contribution < 1.29 is 17.9 Å². The molecule has 16 heavy (non-hydrogen) atoms. The SMILES string of the molecule is CCc1c(CS(=O)(=O)Cl)ccc2c1OCO2. The highest BCUT2D eigenvalue weighted by Gasteiger charge is 2.21. The molecule has 4 nitrogen and oxygen atoms in total. The molecule has 0 aliphatic carbocycles. The number of fused-ring (bicyclic) bond motifs is 1. The van der Waals surface area contributed by atoms with Gasteiger partial charge in [0.25, 0.3) is 0 Å². The van der Waals surface area contributed by atoms with Crippen molar-refractivity contribution in [2.75, 3.05) is 6.79 Å². The fraction of sp³-hybridized carbons (Fsp3) is 0.400. The summed E-state index contributed by atoms with van der Waals surface area (Å²) < 4.78 is 32.7. The van der Waals surface area contributed by atoms with Gasteiger partial charge < -0.3 is 9.47 Å². The number of ether oxygens (including phenoxy) is 2. The van der Waals surface area contributed by atoms with Gasteiger partial charge in [0.1, 0.15) is 0 Å². The van der Waals surface area contributed by atoms with Crippen LogP contribution in [0.4, 0.5) is 0 Å². The molecule has 0 N–H and O–H groups in total. The molecular weight excluding hydrogens is 252 g/mol. The van der Waals surface area contributed by atoms with E-state index < -0.39 is 9.05 Å². The van der Waals surface area contributed by atoms with Crippen LogP contribution in [-0.4, -0.2) is 15.2 Å². The number of rotatable bonds is 3. The molecule has 2 rings (SSSR count). The molecule has 0 bridgehead atoms. The zero-order chi connectivity index (χ0) is 11.8. The van der Waals surface area contributed by atoms with Crippen molar-refractivity contribution in [3.05, 3.63) is 23.3 Å². The van der Waals surface area contributed by atoms with Crippen molar-refractivity contribution in [1.29, 1.82) is 0 Å². The molecule has 0 saturated carbocycles. The average Bonchev–Trinajstić information content (AvgIpc) is 2.62. The predicted octanol–water partition coefficient (Wildman–Crippen LogP) is 2.05. The molecule has 0 unspecified atom stereocenters. The Labute approximate surface area is 98.5 Å². The molecular formula is C10H11ClO4S. The van der Waals surface area contributed by atoms with E-state index in [1.807, 2.05) is 6.92 Å². The minimum absolute atomic E-state index is 0.180. The largest absolute Gasteiger partial charge is 0.454 e. The summed E-state index contributed by atoms with van der Waals surface area (Å²) in [6.45, 7) is 2.11. The lowest BCUT2D eigenvalue weighted by molar-refractivity contribution is 0.173. The monoisotopic (exact) mass is 262 g/mol. The smallest absolute Gasteiger partial charge is 0.236 e. The third-order valence-electron chi connectivity index (χ3n) is 2.42. The fourth-order valence-electron chi connectivity index (χ4n) is 1.78. The molecule has 0 atom stereocenters. The van der Waals surface area contributed by atoms with Crippen molar-refractivity contribution in [3.8, 4) is 11.5 Å². The van der Waals surface area contributed by atoms with E-state index in [0.29, 0.717) is 23.5 Å². The molecule has 6 heteroatoms. The van der Waals surface area contributed by atoms with Crippen LogP contribution in [0.15, 0.2) is 12.1 Å². The van der Waals surface area contributed by atoms with Gasteiger partial charge in [-0.05, 0) is 18.1 Å². The van der Waals surface area contributed by atoms with E-state index in [0.717, 1.165) is 5.56 Å². The molecule has 1 aromatic rings. The van der Waals surface area contributed by atoms with Gasteiger partial charge in [0.15, 0.2) is 11.5 Å². The molecule has 1 aliphatic heterocycles. The Bertz CT molecular complexity index is 510. The number of hydrogen-bond acceptors (Lipinski definition) is 4. The van der Waals surface area contributed by atoms with Crippen LogP contribution in [0.5, 0.6) is 11.5 Å². The summed E-state index contributed by atoms with van der Waals surface area (Å²) in [6.07, 6.45) is 0.675. The van der Waals surface area contributed by atoms with Crippen molar-refractivity contribution in [2.24, 2.45) is 0 Å². The number of hydrogen-bond donors (Lipinski definition) is 0. The summed E-state index contributed by atoms with van der Waals surface area (Å²) >= 11 is 0. The van der Waals surface area contributed by atoms with E-state index in [1.54, 1.807) is 12.1 Å². The quantitative estimate of drug-likeness (QED) is 0.783. The fourth-order valence-corrected chi connectivity index (χ4v) is 2.77. The summed E-state index contributed by atoms with van der Waals surface area (Å²) in [6, 6.07) is 3.42. The maximum absolute atomic E-state index is 11.1. The maximum Gasteiger partial charge on any atom is 0.236 e. The normalized spacial score (nSPS) is 14.1. The summed E-state index contributed by atoms with van der Waals surface area (Å²) in [5, 5.41) is 0. The minimum atomic E-state index is -3.55. The number of halogens is 1. The highest BCUT2D eigenvalue weighted by molar-refractivity contribution is 8.13. The van der Waals surface area contributed by atoms with Crippen molar-refractivity contribution in [3.63, 3.8) is 0 Å². The molecule has 0 fully saturated rings. The van der Waals surface area contributed by atoms with Gasteiger partial charge in [-0.3, -0.25) is 0 Å². The first-order valence-electron chi connectivity index (χ1n) is 4.84. The molecule has 1 heterocycles. The third-order valence-corrected chi connectivity index (χ3v) is 3.40. The lowest BCUT2D eigenvalue weighted by atomic mass is 10.0. The van der Waals surface area contributed by atoms with Crippen molar-refractivity contribution in [1.82, 2.24) is 0 Å². The second kappa shape index (κ2) is 4.14. The first-order chi connectivity index (χ1) is 7.51. The van der Waals surface area contributed by atoms with Gasteiger partial charge in [-0.2, -0.15) is 0 Å². The molecule has 0 amide bonds. The molecule has 0 radical (unpaired) electrons. The molecule has 0 spiro atoms. The van der Waals surface area contributed by atoms with Crippen LogP contribution in [0.2, 0.25) is 0 Å². The standard InChI is InChI=1S/C10H11ClO4S/c1-2-8-7(5-16(11,12)13)3-4-9-10(8)15-6-14-9/h3-4H,2,5-6H2,1H3. The van der Waals surface area contributed by atoms with Gasteiger partial charge >= 0.3 is 0 Å². The third kappa shape index (κ3) is 2.25. The second-order valence-corrected chi connectivity index (χ2v) is 6.25. The minimum Gasteiger partial charge on any atom is -0.454 e. The lowest BCUT2D eigenvalue weighted by Gasteiger charge is -2.09. The van der Waals surface area contributed by atoms with E-state index in [2.05, 4.69) is 0 Å².